The second kappa shape index (κ2) is 10.3. The Morgan fingerprint density at radius 2 is 1.92 bits per heavy atom. The minimum atomic E-state index is -1.26. The number of fused-ring (bicyclic) bond motifs is 1. The molecule has 0 aliphatic carbocycles. The lowest BCUT2D eigenvalue weighted by Crippen LogP contribution is -2.18. The van der Waals surface area contributed by atoms with E-state index < -0.39 is 11.4 Å². The van der Waals surface area contributed by atoms with E-state index in [-0.39, 0.29) is 11.5 Å². The van der Waals surface area contributed by atoms with E-state index in [9.17, 15) is 14.7 Å². The molecule has 0 bridgehead atoms. The number of aromatic nitrogens is 3. The highest BCUT2D eigenvalue weighted by Gasteiger charge is 2.15. The molecule has 0 amide bonds. The van der Waals surface area contributed by atoms with Gasteiger partial charge < -0.3 is 30.6 Å². The molecule has 2 aromatic heterocycles. The van der Waals surface area contributed by atoms with Crippen LogP contribution in [0.2, 0.25) is 0 Å². The van der Waals surface area contributed by atoms with Crippen LogP contribution in [0.15, 0.2) is 47.5 Å². The molecule has 2 aromatic carbocycles. The van der Waals surface area contributed by atoms with Crippen molar-refractivity contribution in [2.45, 2.75) is 19.9 Å². The number of ether oxygens (including phenoxy) is 2. The van der Waals surface area contributed by atoms with Crippen molar-refractivity contribution in [3.8, 4) is 23.3 Å². The predicted octanol–water partition coefficient (Wildman–Crippen LogP) is 2.68. The number of benzene rings is 2. The third kappa shape index (κ3) is 5.01. The van der Waals surface area contributed by atoms with Gasteiger partial charge in [0.1, 0.15) is 11.4 Å². The standard InChI is InChI=1S/C27H25N5O5/c1-4-32-14-20(26(34)35)23(33)19-8-6-15(11-21(19)32)5-7-17-9-16(12-22(36-2)24(17)37-3)10-18-13-30-27(29)31-25(18)28/h6,8-9,11-14H,4,10H2,1-3H3,(H,34,35)(H4,28,29,30,31). The molecule has 0 saturated carbocycles. The number of rotatable bonds is 6. The molecular weight excluding hydrogens is 474 g/mol. The van der Waals surface area contributed by atoms with Gasteiger partial charge >= 0.3 is 5.97 Å². The molecular formula is C27H25N5O5. The molecule has 5 N–H and O–H groups in total. The number of aromatic carboxylic acids is 1. The molecule has 0 fully saturated rings. The summed E-state index contributed by atoms with van der Waals surface area (Å²) in [6, 6.07) is 8.74. The van der Waals surface area contributed by atoms with Crippen LogP contribution in [0.3, 0.4) is 0 Å². The first-order valence-corrected chi connectivity index (χ1v) is 11.3. The first kappa shape index (κ1) is 25.1. The van der Waals surface area contributed by atoms with Crippen LogP contribution in [0.25, 0.3) is 10.9 Å². The second-order valence-corrected chi connectivity index (χ2v) is 8.14. The molecule has 0 spiro atoms. The summed E-state index contributed by atoms with van der Waals surface area (Å²) in [7, 11) is 3.07. The van der Waals surface area contributed by atoms with Crippen molar-refractivity contribution >= 4 is 28.6 Å². The molecule has 0 atom stereocenters. The van der Waals surface area contributed by atoms with Crippen LogP contribution in [-0.4, -0.2) is 39.8 Å². The third-order valence-corrected chi connectivity index (χ3v) is 5.84. The number of hydrogen-bond acceptors (Lipinski definition) is 8. The minimum absolute atomic E-state index is 0.100. The molecule has 2 heterocycles. The fourth-order valence-corrected chi connectivity index (χ4v) is 4.03. The lowest BCUT2D eigenvalue weighted by Gasteiger charge is -2.13. The van der Waals surface area contributed by atoms with E-state index in [1.54, 1.807) is 29.0 Å². The average Bonchev–Trinajstić information content (AvgIpc) is 2.88. The maximum atomic E-state index is 12.6. The van der Waals surface area contributed by atoms with Gasteiger partial charge in [0.2, 0.25) is 11.4 Å². The highest BCUT2D eigenvalue weighted by molar-refractivity contribution is 5.92. The highest BCUT2D eigenvalue weighted by atomic mass is 16.5. The van der Waals surface area contributed by atoms with Crippen LogP contribution in [0.5, 0.6) is 11.5 Å². The lowest BCUT2D eigenvalue weighted by molar-refractivity contribution is 0.0695. The maximum absolute atomic E-state index is 12.6. The molecule has 0 unspecified atom stereocenters. The predicted molar refractivity (Wildman–Crippen MR) is 140 cm³/mol. The zero-order chi connectivity index (χ0) is 26.7. The van der Waals surface area contributed by atoms with E-state index in [2.05, 4.69) is 21.8 Å². The number of aryl methyl sites for hydroxylation is 1. The van der Waals surface area contributed by atoms with E-state index in [1.165, 1.54) is 20.4 Å². The van der Waals surface area contributed by atoms with E-state index in [0.717, 1.165) is 5.56 Å². The largest absolute Gasteiger partial charge is 0.493 e. The number of carboxylic acid groups (broad SMARTS) is 1. The normalized spacial score (nSPS) is 10.6. The Hall–Kier alpha value is -5.04. The number of carbonyl (C=O) groups is 1. The first-order chi connectivity index (χ1) is 17.7. The van der Waals surface area contributed by atoms with Gasteiger partial charge in [-0.3, -0.25) is 4.79 Å². The van der Waals surface area contributed by atoms with Gasteiger partial charge in [-0.1, -0.05) is 11.8 Å². The Bertz CT molecular complexity index is 1650. The van der Waals surface area contributed by atoms with Crippen LogP contribution >= 0.6 is 0 Å². The SMILES string of the molecule is CCn1cc(C(=O)O)c(=O)c2ccc(C#Cc3cc(Cc4cnc(N)nc4N)cc(OC)c3OC)cc21. The Labute approximate surface area is 212 Å². The molecule has 10 nitrogen and oxygen atoms in total. The van der Waals surface area contributed by atoms with Crippen molar-refractivity contribution in [2.24, 2.45) is 0 Å². The maximum Gasteiger partial charge on any atom is 0.341 e. The third-order valence-electron chi connectivity index (χ3n) is 5.84. The summed E-state index contributed by atoms with van der Waals surface area (Å²) in [6.45, 7) is 2.36. The Balaban J connectivity index is 1.79. The number of methoxy groups -OCH3 is 2. The molecule has 10 heteroatoms. The van der Waals surface area contributed by atoms with Crippen molar-refractivity contribution in [1.82, 2.24) is 14.5 Å². The molecule has 0 aliphatic rings. The fourth-order valence-electron chi connectivity index (χ4n) is 4.03. The molecule has 188 valence electrons. The summed E-state index contributed by atoms with van der Waals surface area (Å²) in [5, 5.41) is 9.68. The number of nitrogen functional groups attached to an aromatic ring is 2. The Morgan fingerprint density at radius 1 is 1.14 bits per heavy atom. The lowest BCUT2D eigenvalue weighted by atomic mass is 10.0. The summed E-state index contributed by atoms with van der Waals surface area (Å²) >= 11 is 0. The zero-order valence-corrected chi connectivity index (χ0v) is 20.5. The van der Waals surface area contributed by atoms with Gasteiger partial charge in [0.15, 0.2) is 11.5 Å². The van der Waals surface area contributed by atoms with E-state index in [4.69, 9.17) is 20.9 Å². The molecule has 0 saturated heterocycles. The van der Waals surface area contributed by atoms with Crippen LogP contribution in [0, 0.1) is 11.8 Å². The molecule has 4 aromatic rings. The molecule has 37 heavy (non-hydrogen) atoms. The van der Waals surface area contributed by atoms with Gasteiger partial charge in [-0.25, -0.2) is 9.78 Å². The number of carboxylic acids is 1. The van der Waals surface area contributed by atoms with Crippen LogP contribution in [0.1, 0.15) is 39.5 Å². The number of pyridine rings is 1. The summed E-state index contributed by atoms with van der Waals surface area (Å²) in [6.07, 6.45) is 3.36. The van der Waals surface area contributed by atoms with Crippen molar-refractivity contribution < 1.29 is 19.4 Å². The summed E-state index contributed by atoms with van der Waals surface area (Å²) < 4.78 is 12.8. The van der Waals surface area contributed by atoms with Crippen molar-refractivity contribution in [1.29, 1.82) is 0 Å². The zero-order valence-electron chi connectivity index (χ0n) is 20.5. The number of nitrogens with zero attached hydrogens (tertiary/aromatic N) is 3. The topological polar surface area (TPSA) is 156 Å². The number of nitrogens with two attached hydrogens (primary N) is 2. The van der Waals surface area contributed by atoms with Crippen LogP contribution in [0.4, 0.5) is 11.8 Å². The molecule has 0 radical (unpaired) electrons. The van der Waals surface area contributed by atoms with Gasteiger partial charge in [-0.05, 0) is 42.8 Å². The van der Waals surface area contributed by atoms with Crippen molar-refractivity contribution in [3.05, 3.63) is 80.8 Å². The van der Waals surface area contributed by atoms with Crippen LogP contribution < -0.4 is 26.4 Å². The van der Waals surface area contributed by atoms with Crippen molar-refractivity contribution in [2.75, 3.05) is 25.7 Å². The van der Waals surface area contributed by atoms with Gasteiger partial charge in [-0.15, -0.1) is 0 Å². The summed E-state index contributed by atoms with van der Waals surface area (Å²) in [5.74, 6) is 6.35. The smallest absolute Gasteiger partial charge is 0.341 e. The van der Waals surface area contributed by atoms with Crippen molar-refractivity contribution in [3.63, 3.8) is 0 Å². The first-order valence-electron chi connectivity index (χ1n) is 11.3. The number of hydrogen-bond donors (Lipinski definition) is 3. The van der Waals surface area contributed by atoms with Crippen LogP contribution in [-0.2, 0) is 13.0 Å². The fraction of sp³-hybridized carbons (Fsp3) is 0.185. The Morgan fingerprint density at radius 3 is 2.57 bits per heavy atom. The Kier molecular flexibility index (Phi) is 6.97. The van der Waals surface area contributed by atoms with E-state index in [1.807, 2.05) is 19.1 Å². The van der Waals surface area contributed by atoms with E-state index in [0.29, 0.717) is 57.9 Å². The quantitative estimate of drug-likeness (QED) is 0.339. The average molecular weight is 500 g/mol. The summed E-state index contributed by atoms with van der Waals surface area (Å²) in [4.78, 5) is 32.1. The van der Waals surface area contributed by atoms with Gasteiger partial charge in [-0.2, -0.15) is 4.98 Å². The number of anilines is 2. The highest BCUT2D eigenvalue weighted by Crippen LogP contribution is 2.33. The van der Waals surface area contributed by atoms with Gasteiger partial charge in [0.05, 0.1) is 25.3 Å². The second-order valence-electron chi connectivity index (χ2n) is 8.14. The molecule has 0 aliphatic heterocycles. The minimum Gasteiger partial charge on any atom is -0.493 e. The molecule has 4 rings (SSSR count). The van der Waals surface area contributed by atoms with E-state index >= 15 is 0 Å². The monoisotopic (exact) mass is 499 g/mol. The van der Waals surface area contributed by atoms with Gasteiger partial charge in [0, 0.05) is 41.9 Å². The van der Waals surface area contributed by atoms with Gasteiger partial charge in [0.25, 0.3) is 0 Å². The summed E-state index contributed by atoms with van der Waals surface area (Å²) in [5.41, 5.74) is 14.2.